The van der Waals surface area contributed by atoms with Gasteiger partial charge in [0.2, 0.25) is 0 Å². The van der Waals surface area contributed by atoms with Crippen LogP contribution in [0.1, 0.15) is 58.1 Å². The highest BCUT2D eigenvalue weighted by Gasteiger charge is 2.14. The molecule has 0 amide bonds. The van der Waals surface area contributed by atoms with Crippen LogP contribution in [0.4, 0.5) is 0 Å². The van der Waals surface area contributed by atoms with Crippen molar-refractivity contribution in [2.45, 2.75) is 58.5 Å². The first-order valence-electron chi connectivity index (χ1n) is 7.83. The largest absolute Gasteiger partial charge is 0.324 e. The quantitative estimate of drug-likeness (QED) is 0.720. The maximum Gasteiger partial charge on any atom is 0.0406 e. The van der Waals surface area contributed by atoms with E-state index in [1.807, 2.05) is 24.3 Å². The van der Waals surface area contributed by atoms with E-state index in [4.69, 9.17) is 17.3 Å². The van der Waals surface area contributed by atoms with Gasteiger partial charge in [-0.25, -0.2) is 0 Å². The summed E-state index contributed by atoms with van der Waals surface area (Å²) in [5.41, 5.74) is 7.47. The van der Waals surface area contributed by atoms with Crippen LogP contribution >= 0.6 is 11.6 Å². The molecule has 0 saturated carbocycles. The summed E-state index contributed by atoms with van der Waals surface area (Å²) in [5.74, 6) is 0. The number of hydrogen-bond donors (Lipinski definition) is 1. The lowest BCUT2D eigenvalue weighted by atomic mass is 10.0. The molecule has 20 heavy (non-hydrogen) atoms. The molecule has 0 aliphatic carbocycles. The molecule has 0 saturated heterocycles. The number of rotatable bonds is 9. The second-order valence-electron chi connectivity index (χ2n) is 5.59. The Morgan fingerprint density at radius 1 is 1.15 bits per heavy atom. The average molecular weight is 297 g/mol. The van der Waals surface area contributed by atoms with Crippen LogP contribution in [0.5, 0.6) is 0 Å². The molecule has 1 aromatic carbocycles. The minimum absolute atomic E-state index is 0.0976. The van der Waals surface area contributed by atoms with E-state index in [0.29, 0.717) is 6.04 Å². The molecule has 0 fully saturated rings. The molecule has 0 spiro atoms. The van der Waals surface area contributed by atoms with Gasteiger partial charge in [0.1, 0.15) is 0 Å². The lowest BCUT2D eigenvalue weighted by molar-refractivity contribution is 0.194. The number of unbranched alkanes of at least 4 members (excludes halogenated alkanes) is 1. The third-order valence-corrected chi connectivity index (χ3v) is 4.29. The van der Waals surface area contributed by atoms with Gasteiger partial charge >= 0.3 is 0 Å². The van der Waals surface area contributed by atoms with Crippen molar-refractivity contribution in [2.24, 2.45) is 5.73 Å². The molecule has 0 heterocycles. The number of halogens is 1. The molecule has 0 aliphatic rings. The van der Waals surface area contributed by atoms with Gasteiger partial charge in [0.05, 0.1) is 0 Å². The molecule has 1 aromatic rings. The van der Waals surface area contributed by atoms with Crippen molar-refractivity contribution in [2.75, 3.05) is 13.1 Å². The van der Waals surface area contributed by atoms with E-state index in [2.05, 4.69) is 25.7 Å². The van der Waals surface area contributed by atoms with Gasteiger partial charge < -0.3 is 10.6 Å². The van der Waals surface area contributed by atoms with Crippen molar-refractivity contribution in [3.63, 3.8) is 0 Å². The highest BCUT2D eigenvalue weighted by molar-refractivity contribution is 6.30. The summed E-state index contributed by atoms with van der Waals surface area (Å²) < 4.78 is 0. The number of hydrogen-bond acceptors (Lipinski definition) is 2. The van der Waals surface area contributed by atoms with Crippen LogP contribution in [-0.2, 0) is 0 Å². The zero-order chi connectivity index (χ0) is 15.0. The fourth-order valence-electron chi connectivity index (χ4n) is 2.35. The van der Waals surface area contributed by atoms with E-state index in [-0.39, 0.29) is 6.04 Å². The lowest BCUT2D eigenvalue weighted by Gasteiger charge is -2.29. The highest BCUT2D eigenvalue weighted by Crippen LogP contribution is 2.18. The van der Waals surface area contributed by atoms with Crippen LogP contribution < -0.4 is 5.73 Å². The maximum atomic E-state index is 6.29. The van der Waals surface area contributed by atoms with E-state index in [1.165, 1.54) is 31.4 Å². The predicted octanol–water partition coefficient (Wildman–Crippen LogP) is 4.63. The average Bonchev–Trinajstić information content (AvgIpc) is 2.47. The van der Waals surface area contributed by atoms with Gasteiger partial charge in [0, 0.05) is 23.7 Å². The summed E-state index contributed by atoms with van der Waals surface area (Å²) in [4.78, 5) is 2.57. The van der Waals surface area contributed by atoms with E-state index in [1.54, 1.807) is 0 Å². The molecule has 3 heteroatoms. The fourth-order valence-corrected chi connectivity index (χ4v) is 2.48. The number of nitrogens with zero attached hydrogens (tertiary/aromatic N) is 1. The van der Waals surface area contributed by atoms with E-state index < -0.39 is 0 Å². The smallest absolute Gasteiger partial charge is 0.0406 e. The Bertz CT molecular complexity index is 364. The first-order valence-corrected chi connectivity index (χ1v) is 8.21. The maximum absolute atomic E-state index is 6.29. The Labute approximate surface area is 129 Å². The summed E-state index contributed by atoms with van der Waals surface area (Å²) in [7, 11) is 0. The van der Waals surface area contributed by atoms with E-state index in [0.717, 1.165) is 18.0 Å². The van der Waals surface area contributed by atoms with E-state index in [9.17, 15) is 0 Å². The lowest BCUT2D eigenvalue weighted by Crippen LogP contribution is -2.35. The molecule has 1 rings (SSSR count). The van der Waals surface area contributed by atoms with Crippen molar-refractivity contribution in [1.29, 1.82) is 0 Å². The minimum Gasteiger partial charge on any atom is -0.324 e. The standard InChI is InChI=1S/C17H29ClN2/c1-4-6-12-20(14(3)5-2)13-11-17(19)15-7-9-16(18)10-8-15/h7-10,14,17H,4-6,11-13,19H2,1-3H3. The van der Waals surface area contributed by atoms with Crippen LogP contribution in [0.2, 0.25) is 5.02 Å². The Kier molecular flexibility index (Phi) is 8.20. The van der Waals surface area contributed by atoms with Gasteiger partial charge in [-0.05, 0) is 50.4 Å². The molecular weight excluding hydrogens is 268 g/mol. The Balaban J connectivity index is 2.50. The topological polar surface area (TPSA) is 29.3 Å². The predicted molar refractivity (Wildman–Crippen MR) is 89.2 cm³/mol. The minimum atomic E-state index is 0.0976. The van der Waals surface area contributed by atoms with Crippen LogP contribution in [0.3, 0.4) is 0 Å². The summed E-state index contributed by atoms with van der Waals surface area (Å²) >= 11 is 5.91. The first-order chi connectivity index (χ1) is 9.58. The number of nitrogens with two attached hydrogens (primary N) is 1. The Hall–Kier alpha value is -0.570. The van der Waals surface area contributed by atoms with Crippen LogP contribution in [0, 0.1) is 0 Å². The normalized spacial score (nSPS) is 14.5. The zero-order valence-electron chi connectivity index (χ0n) is 13.1. The number of benzene rings is 1. The van der Waals surface area contributed by atoms with Crippen LogP contribution in [0.15, 0.2) is 24.3 Å². The van der Waals surface area contributed by atoms with Crippen LogP contribution in [-0.4, -0.2) is 24.0 Å². The highest BCUT2D eigenvalue weighted by atomic mass is 35.5. The second-order valence-corrected chi connectivity index (χ2v) is 6.03. The van der Waals surface area contributed by atoms with Gasteiger partial charge in [0.25, 0.3) is 0 Å². The molecule has 2 unspecified atom stereocenters. The van der Waals surface area contributed by atoms with Gasteiger partial charge in [-0.3, -0.25) is 0 Å². The van der Waals surface area contributed by atoms with Gasteiger partial charge in [-0.2, -0.15) is 0 Å². The summed E-state index contributed by atoms with van der Waals surface area (Å²) in [6, 6.07) is 8.64. The summed E-state index contributed by atoms with van der Waals surface area (Å²) in [6.45, 7) is 9.05. The molecule has 0 aromatic heterocycles. The van der Waals surface area contributed by atoms with Gasteiger partial charge in [-0.1, -0.05) is 44.0 Å². The molecule has 0 radical (unpaired) electrons. The molecule has 0 aliphatic heterocycles. The molecule has 114 valence electrons. The van der Waals surface area contributed by atoms with Gasteiger partial charge in [-0.15, -0.1) is 0 Å². The Morgan fingerprint density at radius 2 is 1.80 bits per heavy atom. The summed E-state index contributed by atoms with van der Waals surface area (Å²) in [5, 5.41) is 0.769. The first kappa shape index (κ1) is 17.5. The third kappa shape index (κ3) is 5.82. The van der Waals surface area contributed by atoms with Crippen molar-refractivity contribution in [3.05, 3.63) is 34.9 Å². The van der Waals surface area contributed by atoms with Crippen LogP contribution in [0.25, 0.3) is 0 Å². The summed E-state index contributed by atoms with van der Waals surface area (Å²) in [6.07, 6.45) is 4.70. The Morgan fingerprint density at radius 3 is 2.35 bits per heavy atom. The molecule has 0 bridgehead atoms. The molecule has 2 atom stereocenters. The fraction of sp³-hybridized carbons (Fsp3) is 0.647. The van der Waals surface area contributed by atoms with Crippen molar-refractivity contribution < 1.29 is 0 Å². The molecule has 2 nitrogen and oxygen atoms in total. The zero-order valence-corrected chi connectivity index (χ0v) is 13.9. The monoisotopic (exact) mass is 296 g/mol. The van der Waals surface area contributed by atoms with E-state index >= 15 is 0 Å². The second kappa shape index (κ2) is 9.38. The van der Waals surface area contributed by atoms with Crippen molar-refractivity contribution >= 4 is 11.6 Å². The van der Waals surface area contributed by atoms with Crippen molar-refractivity contribution in [1.82, 2.24) is 4.90 Å². The SMILES string of the molecule is CCCCN(CCC(N)c1ccc(Cl)cc1)C(C)CC. The molecular formula is C17H29ClN2. The molecule has 2 N–H and O–H groups in total. The van der Waals surface area contributed by atoms with Gasteiger partial charge in [0.15, 0.2) is 0 Å². The third-order valence-electron chi connectivity index (χ3n) is 4.04. The van der Waals surface area contributed by atoms with Crippen molar-refractivity contribution in [3.8, 4) is 0 Å².